The van der Waals surface area contributed by atoms with E-state index in [9.17, 15) is 9.36 Å². The number of rotatable bonds is 3. The number of ether oxygens (including phenoxy) is 1. The Kier molecular flexibility index (Phi) is 6.72. The molecular weight excluding hydrogens is 245 g/mol. The molecule has 0 amide bonds. The molecule has 17 heavy (non-hydrogen) atoms. The fourth-order valence-corrected chi connectivity index (χ4v) is 1.30. The summed E-state index contributed by atoms with van der Waals surface area (Å²) >= 11 is 0. The van der Waals surface area contributed by atoms with Crippen LogP contribution < -0.4 is 5.73 Å². The highest BCUT2D eigenvalue weighted by molar-refractivity contribution is 7.55. The summed E-state index contributed by atoms with van der Waals surface area (Å²) in [6.07, 6.45) is 4.24. The molecule has 0 aliphatic carbocycles. The van der Waals surface area contributed by atoms with Gasteiger partial charge in [-0.3, -0.25) is 13.7 Å². The highest BCUT2D eigenvalue weighted by Crippen LogP contribution is 2.36. The van der Waals surface area contributed by atoms with E-state index in [1.54, 1.807) is 13.8 Å². The van der Waals surface area contributed by atoms with Gasteiger partial charge in [-0.15, -0.1) is 0 Å². The zero-order valence-electron chi connectivity index (χ0n) is 10.1. The second kappa shape index (κ2) is 7.21. The molecule has 0 radical (unpaired) electrons. The zero-order chi connectivity index (χ0) is 13.5. The van der Waals surface area contributed by atoms with Gasteiger partial charge in [0.15, 0.2) is 0 Å². The van der Waals surface area contributed by atoms with Crippen LogP contribution in [0.2, 0.25) is 0 Å². The second-order valence-corrected chi connectivity index (χ2v) is 5.45. The SMILES string of the molecule is CCOC(=O)C(C)N.CP(=O)(O)n1ccnc1. The molecule has 0 saturated heterocycles. The highest BCUT2D eigenvalue weighted by atomic mass is 31.2. The molecule has 8 heteroatoms. The Morgan fingerprint density at radius 1 is 1.71 bits per heavy atom. The average molecular weight is 263 g/mol. The van der Waals surface area contributed by atoms with Gasteiger partial charge in [0, 0.05) is 19.1 Å². The van der Waals surface area contributed by atoms with Crippen LogP contribution in [0.1, 0.15) is 13.8 Å². The van der Waals surface area contributed by atoms with Crippen LogP contribution in [0.5, 0.6) is 0 Å². The molecule has 2 atom stereocenters. The molecule has 7 nitrogen and oxygen atoms in total. The van der Waals surface area contributed by atoms with E-state index < -0.39 is 13.6 Å². The van der Waals surface area contributed by atoms with Crippen LogP contribution in [0.3, 0.4) is 0 Å². The van der Waals surface area contributed by atoms with Gasteiger partial charge in [0.25, 0.3) is 7.52 Å². The minimum Gasteiger partial charge on any atom is -0.465 e. The summed E-state index contributed by atoms with van der Waals surface area (Å²) in [5, 5.41) is 0. The number of carbonyl (C=O) groups is 1. The number of hydrogen-bond acceptors (Lipinski definition) is 5. The van der Waals surface area contributed by atoms with Crippen LogP contribution in [0, 0.1) is 0 Å². The third-order valence-corrected chi connectivity index (χ3v) is 2.67. The molecule has 0 aromatic carbocycles. The topological polar surface area (TPSA) is 107 Å². The maximum atomic E-state index is 10.8. The summed E-state index contributed by atoms with van der Waals surface area (Å²) in [4.78, 5) is 22.9. The van der Waals surface area contributed by atoms with Crippen LogP contribution in [-0.4, -0.2) is 39.5 Å². The van der Waals surface area contributed by atoms with Gasteiger partial charge in [0.05, 0.1) is 6.61 Å². The summed E-state index contributed by atoms with van der Waals surface area (Å²) < 4.78 is 16.5. The fourth-order valence-electron chi connectivity index (χ4n) is 0.745. The maximum Gasteiger partial charge on any atom is 0.322 e. The first kappa shape index (κ1) is 15.8. The third-order valence-electron chi connectivity index (χ3n) is 1.58. The third kappa shape index (κ3) is 6.88. The minimum atomic E-state index is -3.12. The Labute approximate surface area is 100 Å². The molecular formula is C9H18N3O4P. The van der Waals surface area contributed by atoms with E-state index in [1.807, 2.05) is 0 Å². The standard InChI is InChI=1S/C5H11NO2.C4H7N2O2P/c1-3-8-5(7)4(2)6;1-9(7,8)6-3-2-5-4-6/h4H,3,6H2,1-2H3;2-4H,1H3,(H,7,8). The second-order valence-electron chi connectivity index (χ2n) is 3.32. The van der Waals surface area contributed by atoms with Crippen molar-refractivity contribution in [3.8, 4) is 0 Å². The van der Waals surface area contributed by atoms with E-state index in [4.69, 9.17) is 10.6 Å². The molecule has 1 rings (SSSR count). The maximum absolute atomic E-state index is 10.8. The first-order valence-corrected chi connectivity index (χ1v) is 7.06. The summed E-state index contributed by atoms with van der Waals surface area (Å²) in [6.45, 7) is 5.01. The van der Waals surface area contributed by atoms with Crippen molar-refractivity contribution in [1.82, 2.24) is 9.32 Å². The van der Waals surface area contributed by atoms with Crippen molar-refractivity contribution in [2.24, 2.45) is 5.73 Å². The summed E-state index contributed by atoms with van der Waals surface area (Å²) in [5.41, 5.74) is 5.15. The molecule has 0 spiro atoms. The van der Waals surface area contributed by atoms with E-state index >= 15 is 0 Å². The Bertz CT molecular complexity index is 372. The average Bonchev–Trinajstić information content (AvgIpc) is 2.70. The number of imidazole rings is 1. The van der Waals surface area contributed by atoms with E-state index in [-0.39, 0.29) is 5.97 Å². The highest BCUT2D eigenvalue weighted by Gasteiger charge is 2.09. The molecule has 0 fully saturated rings. The molecule has 1 aromatic rings. The monoisotopic (exact) mass is 263 g/mol. The Morgan fingerprint density at radius 3 is 2.47 bits per heavy atom. The summed E-state index contributed by atoms with van der Waals surface area (Å²) in [6, 6.07) is -0.491. The van der Waals surface area contributed by atoms with Crippen molar-refractivity contribution in [3.63, 3.8) is 0 Å². The van der Waals surface area contributed by atoms with Gasteiger partial charge in [-0.25, -0.2) is 4.98 Å². The molecule has 98 valence electrons. The Balaban J connectivity index is 0.000000304. The molecule has 0 saturated carbocycles. The quantitative estimate of drug-likeness (QED) is 0.605. The summed E-state index contributed by atoms with van der Waals surface area (Å²) in [5.74, 6) is -0.340. The van der Waals surface area contributed by atoms with Crippen LogP contribution in [0.15, 0.2) is 18.7 Å². The molecule has 2 unspecified atom stereocenters. The molecule has 0 aliphatic heterocycles. The van der Waals surface area contributed by atoms with Crippen LogP contribution in [0.4, 0.5) is 0 Å². The largest absolute Gasteiger partial charge is 0.465 e. The van der Waals surface area contributed by atoms with Gasteiger partial charge >= 0.3 is 5.97 Å². The van der Waals surface area contributed by atoms with Crippen molar-refractivity contribution >= 4 is 13.5 Å². The number of nitrogens with zero attached hydrogens (tertiary/aromatic N) is 2. The lowest BCUT2D eigenvalue weighted by Gasteiger charge is -2.03. The van der Waals surface area contributed by atoms with Gasteiger partial charge in [0.2, 0.25) is 0 Å². The normalized spacial score (nSPS) is 15.1. The zero-order valence-corrected chi connectivity index (χ0v) is 11.0. The van der Waals surface area contributed by atoms with Gasteiger partial charge in [-0.1, -0.05) is 0 Å². The predicted octanol–water partition coefficient (Wildman–Crippen LogP) is 0.443. The Hall–Kier alpha value is -1.17. The van der Waals surface area contributed by atoms with Crippen molar-refractivity contribution < 1.29 is 19.0 Å². The van der Waals surface area contributed by atoms with Crippen molar-refractivity contribution in [1.29, 1.82) is 0 Å². The first-order chi connectivity index (χ1) is 7.79. The lowest BCUT2D eigenvalue weighted by molar-refractivity contribution is -0.144. The van der Waals surface area contributed by atoms with Gasteiger partial charge in [-0.2, -0.15) is 0 Å². The van der Waals surface area contributed by atoms with E-state index in [1.165, 1.54) is 29.7 Å². The lowest BCUT2D eigenvalue weighted by Crippen LogP contribution is -2.28. The van der Waals surface area contributed by atoms with Crippen molar-refractivity contribution in [2.75, 3.05) is 13.3 Å². The first-order valence-electron chi connectivity index (χ1n) is 5.00. The van der Waals surface area contributed by atoms with Gasteiger partial charge in [0.1, 0.15) is 12.4 Å². The molecule has 3 N–H and O–H groups in total. The van der Waals surface area contributed by atoms with E-state index in [0.29, 0.717) is 6.61 Å². The van der Waals surface area contributed by atoms with Crippen molar-refractivity contribution in [2.45, 2.75) is 19.9 Å². The smallest absolute Gasteiger partial charge is 0.322 e. The van der Waals surface area contributed by atoms with E-state index in [2.05, 4.69) is 9.72 Å². The fraction of sp³-hybridized carbons (Fsp3) is 0.556. The van der Waals surface area contributed by atoms with Gasteiger partial charge in [-0.05, 0) is 13.8 Å². The van der Waals surface area contributed by atoms with Gasteiger partial charge < -0.3 is 15.4 Å². The number of nitrogens with two attached hydrogens (primary N) is 1. The van der Waals surface area contributed by atoms with Crippen molar-refractivity contribution in [3.05, 3.63) is 18.7 Å². The molecule has 0 bridgehead atoms. The number of aromatic nitrogens is 2. The number of hydrogen-bond donors (Lipinski definition) is 2. The summed E-state index contributed by atoms with van der Waals surface area (Å²) in [7, 11) is -3.12. The molecule has 1 aromatic heterocycles. The Morgan fingerprint density at radius 2 is 2.29 bits per heavy atom. The van der Waals surface area contributed by atoms with Crippen LogP contribution in [-0.2, 0) is 14.1 Å². The molecule has 1 heterocycles. The van der Waals surface area contributed by atoms with E-state index in [0.717, 1.165) is 0 Å². The lowest BCUT2D eigenvalue weighted by atomic mass is 10.4. The predicted molar refractivity (Wildman–Crippen MR) is 63.7 cm³/mol. The van der Waals surface area contributed by atoms with Crippen LogP contribution in [0.25, 0.3) is 0 Å². The number of carbonyl (C=O) groups excluding carboxylic acids is 1. The number of esters is 1. The minimum absolute atomic E-state index is 0.340. The van der Waals surface area contributed by atoms with Crippen LogP contribution >= 0.6 is 7.52 Å². The molecule has 0 aliphatic rings.